The van der Waals surface area contributed by atoms with Gasteiger partial charge in [0.05, 0.1) is 11.6 Å². The van der Waals surface area contributed by atoms with Gasteiger partial charge in [-0.2, -0.15) is 0 Å². The summed E-state index contributed by atoms with van der Waals surface area (Å²) >= 11 is 5.58. The van der Waals surface area contributed by atoms with E-state index in [1.54, 1.807) is 18.2 Å². The van der Waals surface area contributed by atoms with Gasteiger partial charge in [0.25, 0.3) is 5.91 Å². The normalized spacial score (nSPS) is 11.3. The van der Waals surface area contributed by atoms with E-state index in [0.717, 1.165) is 31.6 Å². The van der Waals surface area contributed by atoms with Gasteiger partial charge in [0, 0.05) is 30.7 Å². The Labute approximate surface area is 222 Å². The van der Waals surface area contributed by atoms with Crippen LogP contribution in [0.15, 0.2) is 42.5 Å². The molecule has 10 heteroatoms. The number of benzene rings is 2. The Hall–Kier alpha value is -3.29. The number of aliphatic hydroxyl groups is 1. The van der Waals surface area contributed by atoms with E-state index >= 15 is 0 Å². The maximum Gasteiger partial charge on any atom is 0.258 e. The second kappa shape index (κ2) is 19.8. The number of carbonyl (C=O) groups excluding carboxylic acids is 3. The predicted octanol–water partition coefficient (Wildman–Crippen LogP) is 3.19. The van der Waals surface area contributed by atoms with E-state index in [9.17, 15) is 18.8 Å². The van der Waals surface area contributed by atoms with Crippen molar-refractivity contribution in [1.29, 1.82) is 0 Å². The number of nitrogens with one attached hydrogen (secondary N) is 2. The van der Waals surface area contributed by atoms with Gasteiger partial charge in [-0.1, -0.05) is 29.8 Å². The molecule has 0 aliphatic carbocycles. The molecule has 0 aliphatic heterocycles. The van der Waals surface area contributed by atoms with Crippen molar-refractivity contribution >= 4 is 30.1 Å². The molecule has 2 aromatic carbocycles. The minimum absolute atomic E-state index is 0.00506. The number of ether oxygens (including phenoxy) is 2. The predicted molar refractivity (Wildman–Crippen MR) is 141 cm³/mol. The highest BCUT2D eigenvalue weighted by Crippen LogP contribution is 2.20. The Bertz CT molecular complexity index is 1010. The number of aliphatic hydroxyl groups excluding tert-OH is 1. The average Bonchev–Trinajstić information content (AvgIpc) is 2.90. The zero-order valence-electron chi connectivity index (χ0n) is 21.3. The number of hydrogen-bond acceptors (Lipinski definition) is 7. The number of halogens is 2. The minimum atomic E-state index is -0.592. The Morgan fingerprint density at radius 2 is 1.97 bits per heavy atom. The Kier molecular flexibility index (Phi) is 18.1. The van der Waals surface area contributed by atoms with E-state index in [4.69, 9.17) is 32.6 Å². The molecule has 0 aliphatic rings. The van der Waals surface area contributed by atoms with Crippen LogP contribution < -0.4 is 15.4 Å². The number of hydrogen-bond donors (Lipinski definition) is 3. The van der Waals surface area contributed by atoms with Gasteiger partial charge in [-0.05, 0) is 50.7 Å². The highest BCUT2D eigenvalue weighted by atomic mass is 35.5. The maximum atomic E-state index is 13.3. The van der Waals surface area contributed by atoms with Gasteiger partial charge >= 0.3 is 0 Å². The van der Waals surface area contributed by atoms with Gasteiger partial charge in [0.1, 0.15) is 30.7 Å². The summed E-state index contributed by atoms with van der Waals surface area (Å²) in [4.78, 5) is 32.3. The van der Waals surface area contributed by atoms with Gasteiger partial charge in [0.2, 0.25) is 0 Å². The molecule has 1 unspecified atom stereocenters. The smallest absolute Gasteiger partial charge is 0.258 e. The SMILES string of the molecule is C#CCC(C)(CCNC)NC(=O)COc1ccc(Cl)c(F)c1.CO.O=CCOCc1cccc(C=O)c1. The summed E-state index contributed by atoms with van der Waals surface area (Å²) in [5.74, 6) is 1.90. The number of rotatable bonds is 13. The van der Waals surface area contributed by atoms with Crippen LogP contribution >= 0.6 is 11.6 Å². The number of carbonyl (C=O) groups is 3. The fourth-order valence-corrected chi connectivity index (χ4v) is 3.01. The molecule has 0 bridgehead atoms. The largest absolute Gasteiger partial charge is 0.484 e. The first-order chi connectivity index (χ1) is 17.8. The molecule has 0 saturated heterocycles. The third-order valence-electron chi connectivity index (χ3n) is 4.66. The van der Waals surface area contributed by atoms with Crippen molar-refractivity contribution in [2.45, 2.75) is 31.9 Å². The highest BCUT2D eigenvalue weighted by Gasteiger charge is 2.25. The zero-order valence-corrected chi connectivity index (χ0v) is 22.0. The molecule has 2 aromatic rings. The molecule has 1 amide bonds. The fourth-order valence-electron chi connectivity index (χ4n) is 2.89. The van der Waals surface area contributed by atoms with Crippen molar-refractivity contribution in [2.24, 2.45) is 0 Å². The lowest BCUT2D eigenvalue weighted by molar-refractivity contribution is -0.125. The molecule has 0 spiro atoms. The van der Waals surface area contributed by atoms with E-state index in [0.29, 0.717) is 31.3 Å². The van der Waals surface area contributed by atoms with E-state index in [2.05, 4.69) is 16.6 Å². The van der Waals surface area contributed by atoms with E-state index < -0.39 is 11.4 Å². The van der Waals surface area contributed by atoms with Crippen molar-refractivity contribution in [3.8, 4) is 18.1 Å². The number of aldehydes is 2. The highest BCUT2D eigenvalue weighted by molar-refractivity contribution is 6.30. The van der Waals surface area contributed by atoms with Gasteiger partial charge in [-0.25, -0.2) is 4.39 Å². The third kappa shape index (κ3) is 14.8. The summed E-state index contributed by atoms with van der Waals surface area (Å²) in [5.41, 5.74) is 1.00. The summed E-state index contributed by atoms with van der Waals surface area (Å²) in [6.45, 7) is 2.83. The molecule has 8 nitrogen and oxygen atoms in total. The average molecular weight is 537 g/mol. The molecular formula is C27H34ClFN2O6. The van der Waals surface area contributed by atoms with E-state index in [1.807, 2.05) is 20.0 Å². The summed E-state index contributed by atoms with van der Waals surface area (Å²) in [6, 6.07) is 11.1. The van der Waals surface area contributed by atoms with Crippen molar-refractivity contribution in [3.63, 3.8) is 0 Å². The quantitative estimate of drug-likeness (QED) is 0.205. The Morgan fingerprint density at radius 1 is 1.24 bits per heavy atom. The zero-order chi connectivity index (χ0) is 28.1. The number of terminal acetylenes is 1. The first-order valence-corrected chi connectivity index (χ1v) is 11.6. The standard InChI is InChI=1S/C16H20ClFN2O2.C10H10O3.CH4O/c1-4-7-16(2,8-9-19-3)20-15(21)11-22-12-5-6-13(17)14(18)10-12;11-4-5-13-8-10-3-1-2-9(6-10)7-12;1-2/h1,5-6,10,19H,7-9,11H2,2-3H3,(H,20,21);1-4,6-7H,5,8H2;2H,1H3. The second-order valence-electron chi connectivity index (χ2n) is 7.75. The van der Waals surface area contributed by atoms with Crippen LogP contribution in [0.2, 0.25) is 5.02 Å². The van der Waals surface area contributed by atoms with Crippen LogP contribution in [0.4, 0.5) is 4.39 Å². The van der Waals surface area contributed by atoms with Crippen LogP contribution in [0.3, 0.4) is 0 Å². The third-order valence-corrected chi connectivity index (χ3v) is 4.97. The van der Waals surface area contributed by atoms with E-state index in [1.165, 1.54) is 12.1 Å². The van der Waals surface area contributed by atoms with Crippen molar-refractivity contribution < 1.29 is 33.4 Å². The lowest BCUT2D eigenvalue weighted by Gasteiger charge is -2.29. The molecule has 1 atom stereocenters. The summed E-state index contributed by atoms with van der Waals surface area (Å²) in [5, 5.41) is 12.9. The summed E-state index contributed by atoms with van der Waals surface area (Å²) < 4.78 is 23.5. The second-order valence-corrected chi connectivity index (χ2v) is 8.16. The lowest BCUT2D eigenvalue weighted by atomic mass is 9.94. The molecule has 0 saturated carbocycles. The van der Waals surface area contributed by atoms with Crippen LogP contribution in [-0.4, -0.2) is 63.0 Å². The Balaban J connectivity index is 0.000000733. The summed E-state index contributed by atoms with van der Waals surface area (Å²) in [7, 11) is 2.83. The van der Waals surface area contributed by atoms with Crippen molar-refractivity contribution in [3.05, 3.63) is 64.4 Å². The van der Waals surface area contributed by atoms with Crippen LogP contribution in [0.5, 0.6) is 5.75 Å². The number of amides is 1. The first kappa shape index (κ1) is 33.7. The van der Waals surface area contributed by atoms with Gasteiger partial charge in [-0.3, -0.25) is 9.59 Å². The molecular weight excluding hydrogens is 503 g/mol. The lowest BCUT2D eigenvalue weighted by Crippen LogP contribution is -2.48. The first-order valence-electron chi connectivity index (χ1n) is 11.2. The molecule has 0 fully saturated rings. The monoisotopic (exact) mass is 536 g/mol. The molecule has 202 valence electrons. The van der Waals surface area contributed by atoms with Gasteiger partial charge < -0.3 is 30.0 Å². The van der Waals surface area contributed by atoms with Crippen LogP contribution in [0.25, 0.3) is 0 Å². The minimum Gasteiger partial charge on any atom is -0.484 e. The molecule has 2 rings (SSSR count). The molecule has 0 heterocycles. The van der Waals surface area contributed by atoms with Crippen LogP contribution in [0.1, 0.15) is 35.7 Å². The topological polar surface area (TPSA) is 114 Å². The van der Waals surface area contributed by atoms with Crippen molar-refractivity contribution in [2.75, 3.05) is 33.9 Å². The molecule has 0 radical (unpaired) electrons. The van der Waals surface area contributed by atoms with Gasteiger partial charge in [0.15, 0.2) is 6.61 Å². The maximum absolute atomic E-state index is 13.3. The summed E-state index contributed by atoms with van der Waals surface area (Å²) in [6.07, 6.45) is 7.93. The van der Waals surface area contributed by atoms with Gasteiger partial charge in [-0.15, -0.1) is 12.3 Å². The molecule has 3 N–H and O–H groups in total. The van der Waals surface area contributed by atoms with Crippen LogP contribution in [-0.2, 0) is 20.9 Å². The fraction of sp³-hybridized carbons (Fsp3) is 0.370. The molecule has 0 aromatic heterocycles. The van der Waals surface area contributed by atoms with Crippen molar-refractivity contribution in [1.82, 2.24) is 10.6 Å². The van der Waals surface area contributed by atoms with Crippen LogP contribution in [0, 0.1) is 18.2 Å². The molecule has 37 heavy (non-hydrogen) atoms. The Morgan fingerprint density at radius 3 is 2.57 bits per heavy atom. The van der Waals surface area contributed by atoms with E-state index in [-0.39, 0.29) is 29.9 Å².